The Morgan fingerprint density at radius 1 is 1.47 bits per heavy atom. The number of hydrogen-bond acceptors (Lipinski definition) is 4. The number of carbonyl (C=O) groups excluding carboxylic acids is 1. The van der Waals surface area contributed by atoms with E-state index >= 15 is 0 Å². The summed E-state index contributed by atoms with van der Waals surface area (Å²) in [5, 5.41) is 6.03. The van der Waals surface area contributed by atoms with E-state index in [4.69, 9.17) is 4.74 Å². The molecule has 0 aliphatic heterocycles. The lowest BCUT2D eigenvalue weighted by molar-refractivity contribution is 0.0526. The number of pyridine rings is 1. The van der Waals surface area contributed by atoms with E-state index in [0.29, 0.717) is 6.54 Å². The third-order valence-corrected chi connectivity index (χ3v) is 2.36. The Kier molecular flexibility index (Phi) is 5.15. The first kappa shape index (κ1) is 15.3. The van der Waals surface area contributed by atoms with Crippen molar-refractivity contribution in [3.05, 3.63) is 24.0 Å². The lowest BCUT2D eigenvalue weighted by Gasteiger charge is -2.21. The molecule has 19 heavy (non-hydrogen) atoms. The predicted octanol–water partition coefficient (Wildman–Crippen LogP) is 2.72. The number of aromatic nitrogens is 1. The minimum Gasteiger partial charge on any atom is -0.444 e. The first-order valence-corrected chi connectivity index (χ1v) is 6.43. The number of nitrogens with zero attached hydrogens (tertiary/aromatic N) is 1. The molecular weight excluding hydrogens is 242 g/mol. The number of hydrogen-bond donors (Lipinski definition) is 2. The Bertz CT molecular complexity index is 427. The van der Waals surface area contributed by atoms with Gasteiger partial charge < -0.3 is 15.4 Å². The van der Waals surface area contributed by atoms with Crippen LogP contribution in [0.25, 0.3) is 0 Å². The van der Waals surface area contributed by atoms with E-state index in [-0.39, 0.29) is 6.04 Å². The Morgan fingerprint density at radius 3 is 2.74 bits per heavy atom. The average Bonchev–Trinajstić information content (AvgIpc) is 2.27. The van der Waals surface area contributed by atoms with Gasteiger partial charge in [0.15, 0.2) is 0 Å². The normalized spacial score (nSPS) is 12.7. The van der Waals surface area contributed by atoms with Gasteiger partial charge in [-0.2, -0.15) is 0 Å². The molecule has 0 bridgehead atoms. The van der Waals surface area contributed by atoms with Crippen LogP contribution in [0.15, 0.2) is 18.3 Å². The van der Waals surface area contributed by atoms with Gasteiger partial charge in [0.1, 0.15) is 5.60 Å². The van der Waals surface area contributed by atoms with Gasteiger partial charge in [-0.25, -0.2) is 4.79 Å². The molecular formula is C14H23N3O2. The summed E-state index contributed by atoms with van der Waals surface area (Å²) in [5.74, 6) is 0. The maximum atomic E-state index is 11.5. The summed E-state index contributed by atoms with van der Waals surface area (Å²) < 4.78 is 5.17. The van der Waals surface area contributed by atoms with E-state index in [1.807, 2.05) is 46.8 Å². The van der Waals surface area contributed by atoms with Gasteiger partial charge in [0, 0.05) is 18.8 Å². The molecule has 0 spiro atoms. The molecule has 1 atom stereocenters. The Morgan fingerprint density at radius 2 is 2.16 bits per heavy atom. The second kappa shape index (κ2) is 6.41. The third-order valence-electron chi connectivity index (χ3n) is 2.36. The van der Waals surface area contributed by atoms with Crippen LogP contribution in [0.3, 0.4) is 0 Å². The molecule has 5 nitrogen and oxygen atoms in total. The van der Waals surface area contributed by atoms with E-state index in [0.717, 1.165) is 11.4 Å². The summed E-state index contributed by atoms with van der Waals surface area (Å²) >= 11 is 0. The zero-order valence-corrected chi connectivity index (χ0v) is 12.3. The highest BCUT2D eigenvalue weighted by atomic mass is 16.6. The van der Waals surface area contributed by atoms with Crippen molar-refractivity contribution < 1.29 is 9.53 Å². The highest BCUT2D eigenvalue weighted by molar-refractivity contribution is 5.67. The fraction of sp³-hybridized carbons (Fsp3) is 0.571. The highest BCUT2D eigenvalue weighted by Gasteiger charge is 2.16. The van der Waals surface area contributed by atoms with Crippen molar-refractivity contribution in [1.29, 1.82) is 0 Å². The maximum Gasteiger partial charge on any atom is 0.407 e. The van der Waals surface area contributed by atoms with Gasteiger partial charge in [0.25, 0.3) is 0 Å². The zero-order valence-electron chi connectivity index (χ0n) is 12.3. The minimum absolute atomic E-state index is 0.0930. The van der Waals surface area contributed by atoms with Crippen molar-refractivity contribution in [2.45, 2.75) is 46.3 Å². The largest absolute Gasteiger partial charge is 0.444 e. The van der Waals surface area contributed by atoms with Crippen LogP contribution in [0.2, 0.25) is 0 Å². The summed E-state index contributed by atoms with van der Waals surface area (Å²) in [5.41, 5.74) is 1.44. The molecule has 2 N–H and O–H groups in total. The Balaban J connectivity index is 2.38. The van der Waals surface area contributed by atoms with Crippen LogP contribution >= 0.6 is 0 Å². The molecule has 0 radical (unpaired) electrons. The summed E-state index contributed by atoms with van der Waals surface area (Å²) in [4.78, 5) is 15.7. The number of aryl methyl sites for hydroxylation is 1. The van der Waals surface area contributed by atoms with Crippen LogP contribution < -0.4 is 10.6 Å². The number of amides is 1. The van der Waals surface area contributed by atoms with Crippen LogP contribution in [0.5, 0.6) is 0 Å². The molecule has 0 saturated heterocycles. The second-order valence-electron chi connectivity index (χ2n) is 5.56. The number of carbonyl (C=O) groups is 1. The van der Waals surface area contributed by atoms with Gasteiger partial charge in [-0.1, -0.05) is 0 Å². The van der Waals surface area contributed by atoms with Gasteiger partial charge in [-0.3, -0.25) is 4.98 Å². The van der Waals surface area contributed by atoms with Crippen molar-refractivity contribution in [3.8, 4) is 0 Å². The highest BCUT2D eigenvalue weighted by Crippen LogP contribution is 2.11. The Hall–Kier alpha value is -1.78. The molecule has 1 aromatic heterocycles. The molecule has 0 aliphatic carbocycles. The molecule has 1 aromatic rings. The summed E-state index contributed by atoms with van der Waals surface area (Å²) in [6.07, 6.45) is 1.36. The van der Waals surface area contributed by atoms with Crippen molar-refractivity contribution >= 4 is 11.8 Å². The molecule has 1 unspecified atom stereocenters. The second-order valence-corrected chi connectivity index (χ2v) is 5.56. The number of ether oxygens (including phenoxy) is 1. The van der Waals surface area contributed by atoms with Gasteiger partial charge in [-0.05, 0) is 46.8 Å². The van der Waals surface area contributed by atoms with Gasteiger partial charge in [0.05, 0.1) is 11.4 Å². The lowest BCUT2D eigenvalue weighted by Crippen LogP contribution is -2.38. The maximum absolute atomic E-state index is 11.5. The summed E-state index contributed by atoms with van der Waals surface area (Å²) in [7, 11) is 0. The van der Waals surface area contributed by atoms with Gasteiger partial charge in [0.2, 0.25) is 0 Å². The van der Waals surface area contributed by atoms with Crippen molar-refractivity contribution in [2.75, 3.05) is 11.9 Å². The number of alkyl carbamates (subject to hydrolysis) is 1. The minimum atomic E-state index is -0.472. The first-order chi connectivity index (χ1) is 8.78. The summed E-state index contributed by atoms with van der Waals surface area (Å²) in [6.45, 7) is 9.94. The van der Waals surface area contributed by atoms with E-state index in [9.17, 15) is 4.79 Å². The first-order valence-electron chi connectivity index (χ1n) is 6.43. The zero-order chi connectivity index (χ0) is 14.5. The third kappa shape index (κ3) is 6.08. The van der Waals surface area contributed by atoms with E-state index in [1.165, 1.54) is 0 Å². The summed E-state index contributed by atoms with van der Waals surface area (Å²) in [6, 6.07) is 3.94. The topological polar surface area (TPSA) is 63.2 Å². The fourth-order valence-corrected chi connectivity index (χ4v) is 1.50. The smallest absolute Gasteiger partial charge is 0.407 e. The van der Waals surface area contributed by atoms with Crippen LogP contribution in [-0.4, -0.2) is 29.3 Å². The van der Waals surface area contributed by atoms with Crippen LogP contribution in [-0.2, 0) is 4.74 Å². The molecule has 0 fully saturated rings. The molecule has 1 rings (SSSR count). The molecule has 0 aliphatic rings. The predicted molar refractivity (Wildman–Crippen MR) is 76.3 cm³/mol. The van der Waals surface area contributed by atoms with Gasteiger partial charge >= 0.3 is 6.09 Å². The molecule has 106 valence electrons. The SMILES string of the molecule is Cc1ncccc1NC(C)CNC(=O)OC(C)(C)C. The van der Waals surface area contributed by atoms with Crippen molar-refractivity contribution in [1.82, 2.24) is 10.3 Å². The fourth-order valence-electron chi connectivity index (χ4n) is 1.50. The van der Waals surface area contributed by atoms with Crippen LogP contribution in [0.1, 0.15) is 33.4 Å². The van der Waals surface area contributed by atoms with E-state index in [2.05, 4.69) is 15.6 Å². The number of nitrogens with one attached hydrogen (secondary N) is 2. The lowest BCUT2D eigenvalue weighted by atomic mass is 10.2. The molecule has 1 amide bonds. The standard InChI is InChI=1S/C14H23N3O2/c1-10(9-16-13(18)19-14(3,4)5)17-12-7-6-8-15-11(12)2/h6-8,10,17H,9H2,1-5H3,(H,16,18). The molecule has 0 aromatic carbocycles. The van der Waals surface area contributed by atoms with Crippen molar-refractivity contribution in [3.63, 3.8) is 0 Å². The van der Waals surface area contributed by atoms with Crippen LogP contribution in [0, 0.1) is 6.92 Å². The monoisotopic (exact) mass is 265 g/mol. The van der Waals surface area contributed by atoms with Crippen LogP contribution in [0.4, 0.5) is 10.5 Å². The molecule has 0 saturated carbocycles. The van der Waals surface area contributed by atoms with Crippen molar-refractivity contribution in [2.24, 2.45) is 0 Å². The molecule has 5 heteroatoms. The average molecular weight is 265 g/mol. The number of anilines is 1. The quantitative estimate of drug-likeness (QED) is 0.878. The van der Waals surface area contributed by atoms with E-state index < -0.39 is 11.7 Å². The van der Waals surface area contributed by atoms with Gasteiger partial charge in [-0.15, -0.1) is 0 Å². The van der Waals surface area contributed by atoms with E-state index in [1.54, 1.807) is 6.20 Å². The molecule has 1 heterocycles. The number of rotatable bonds is 4. The Labute approximate surface area is 114 Å².